The number of carbonyl (C=O) groups excluding carboxylic acids is 1. The molecule has 0 bridgehead atoms. The topological polar surface area (TPSA) is 48.5 Å². The lowest BCUT2D eigenvalue weighted by Gasteiger charge is -2.24. The minimum Gasteiger partial charge on any atom is -0.368 e. The van der Waals surface area contributed by atoms with E-state index in [1.54, 1.807) is 11.3 Å². The number of amides is 2. The summed E-state index contributed by atoms with van der Waals surface area (Å²) < 4.78 is 1.22. The first-order valence-electron chi connectivity index (χ1n) is 9.47. The zero-order chi connectivity index (χ0) is 18.6. The third kappa shape index (κ3) is 5.13. The average Bonchev–Trinajstić information content (AvgIpc) is 3.04. The largest absolute Gasteiger partial charge is 0.368 e. The number of carbonyl (C=O) groups is 1. The second kappa shape index (κ2) is 10.7. The summed E-state index contributed by atoms with van der Waals surface area (Å²) in [5.74, 6) is 0. The number of aromatic nitrogens is 1. The Morgan fingerprint density at radius 1 is 1.10 bits per heavy atom. The van der Waals surface area contributed by atoms with Gasteiger partial charge >= 0.3 is 6.03 Å². The fourth-order valence-corrected chi connectivity index (χ4v) is 4.43. The maximum absolute atomic E-state index is 12.2. The Morgan fingerprint density at radius 2 is 1.90 bits per heavy atom. The van der Waals surface area contributed by atoms with Crippen LogP contribution in [0.2, 0.25) is 0 Å². The molecule has 29 heavy (non-hydrogen) atoms. The Labute approximate surface area is 187 Å². The Balaban J connectivity index is 0.00000150. The van der Waals surface area contributed by atoms with Gasteiger partial charge in [0.2, 0.25) is 0 Å². The molecule has 0 atom stereocenters. The van der Waals surface area contributed by atoms with Gasteiger partial charge in [-0.15, -0.1) is 36.2 Å². The lowest BCUT2D eigenvalue weighted by Crippen LogP contribution is -2.41. The molecule has 4 rings (SSSR count). The van der Waals surface area contributed by atoms with Gasteiger partial charge in [0.05, 0.1) is 21.6 Å². The first-order valence-corrected chi connectivity index (χ1v) is 10.4. The number of fused-ring (bicyclic) bond motifs is 1. The van der Waals surface area contributed by atoms with Gasteiger partial charge in [0.25, 0.3) is 0 Å². The number of anilines is 1. The summed E-state index contributed by atoms with van der Waals surface area (Å²) in [4.78, 5) is 21.4. The van der Waals surface area contributed by atoms with E-state index in [4.69, 9.17) is 4.98 Å². The summed E-state index contributed by atoms with van der Waals surface area (Å²) in [6, 6.07) is 14.7. The van der Waals surface area contributed by atoms with E-state index in [-0.39, 0.29) is 30.8 Å². The molecular weight excluding hydrogens is 427 g/mol. The Bertz CT molecular complexity index is 935. The van der Waals surface area contributed by atoms with Crippen LogP contribution in [0.1, 0.15) is 13.3 Å². The molecule has 0 aliphatic carbocycles. The predicted molar refractivity (Wildman–Crippen MR) is 127 cm³/mol. The van der Waals surface area contributed by atoms with Crippen LogP contribution in [0.5, 0.6) is 0 Å². The van der Waals surface area contributed by atoms with E-state index >= 15 is 0 Å². The van der Waals surface area contributed by atoms with E-state index < -0.39 is 0 Å². The number of halogens is 2. The first-order chi connectivity index (χ1) is 13.3. The molecule has 156 valence electrons. The molecular formula is C21H26Cl2N4OS. The van der Waals surface area contributed by atoms with Crippen molar-refractivity contribution in [1.82, 2.24) is 15.2 Å². The molecule has 1 N–H and O–H groups in total. The number of pyridine rings is 1. The molecule has 1 fully saturated rings. The van der Waals surface area contributed by atoms with Gasteiger partial charge in [-0.1, -0.05) is 30.3 Å². The van der Waals surface area contributed by atoms with Gasteiger partial charge in [-0.3, -0.25) is 0 Å². The van der Waals surface area contributed by atoms with E-state index in [1.165, 1.54) is 10.4 Å². The summed E-state index contributed by atoms with van der Waals surface area (Å²) >= 11 is 1.74. The lowest BCUT2D eigenvalue weighted by atomic mass is 10.1. The van der Waals surface area contributed by atoms with E-state index in [9.17, 15) is 4.79 Å². The smallest absolute Gasteiger partial charge is 0.317 e. The number of hydrogen-bond acceptors (Lipinski definition) is 4. The summed E-state index contributed by atoms with van der Waals surface area (Å²) in [5, 5.41) is 5.02. The van der Waals surface area contributed by atoms with Crippen LogP contribution in [0.15, 0.2) is 47.8 Å². The molecule has 2 amide bonds. The van der Waals surface area contributed by atoms with Crippen LogP contribution < -0.4 is 10.2 Å². The molecule has 1 saturated heterocycles. The number of benzene rings is 1. The maximum atomic E-state index is 12.2. The van der Waals surface area contributed by atoms with Gasteiger partial charge in [-0.2, -0.15) is 0 Å². The Morgan fingerprint density at radius 3 is 2.66 bits per heavy atom. The van der Waals surface area contributed by atoms with Crippen LogP contribution in [-0.2, 0) is 0 Å². The van der Waals surface area contributed by atoms with Crippen LogP contribution in [-0.4, -0.2) is 48.6 Å². The minimum absolute atomic E-state index is 0. The second-order valence-electron chi connectivity index (χ2n) is 6.69. The molecule has 1 aliphatic heterocycles. The molecule has 2 aromatic heterocycles. The number of hydrogen-bond donors (Lipinski definition) is 1. The maximum Gasteiger partial charge on any atom is 0.317 e. The fourth-order valence-electron chi connectivity index (χ4n) is 3.56. The SMILES string of the molecule is CCNC(=O)N1CCCN(c2cc(-c3ccccc3)nc3ccsc23)CC1.Cl.Cl. The van der Waals surface area contributed by atoms with Crippen LogP contribution in [0.4, 0.5) is 10.5 Å². The highest BCUT2D eigenvalue weighted by molar-refractivity contribution is 7.17. The summed E-state index contributed by atoms with van der Waals surface area (Å²) in [6.45, 7) is 5.94. The number of urea groups is 1. The summed E-state index contributed by atoms with van der Waals surface area (Å²) in [6.07, 6.45) is 0.965. The Kier molecular flexibility index (Phi) is 8.56. The highest BCUT2D eigenvalue weighted by atomic mass is 35.5. The fraction of sp³-hybridized carbons (Fsp3) is 0.333. The lowest BCUT2D eigenvalue weighted by molar-refractivity contribution is 0.202. The van der Waals surface area contributed by atoms with Crippen molar-refractivity contribution in [2.45, 2.75) is 13.3 Å². The van der Waals surface area contributed by atoms with Gasteiger partial charge in [0, 0.05) is 38.3 Å². The van der Waals surface area contributed by atoms with Gasteiger partial charge in [0.1, 0.15) is 0 Å². The van der Waals surface area contributed by atoms with E-state index in [0.717, 1.165) is 49.4 Å². The van der Waals surface area contributed by atoms with Crippen molar-refractivity contribution in [3.05, 3.63) is 47.8 Å². The van der Waals surface area contributed by atoms with Crippen molar-refractivity contribution in [3.8, 4) is 11.3 Å². The van der Waals surface area contributed by atoms with Gasteiger partial charge in [0.15, 0.2) is 0 Å². The molecule has 5 nitrogen and oxygen atoms in total. The molecule has 0 spiro atoms. The van der Waals surface area contributed by atoms with Crippen molar-refractivity contribution < 1.29 is 4.79 Å². The van der Waals surface area contributed by atoms with Crippen LogP contribution >= 0.6 is 36.2 Å². The first kappa shape index (κ1) is 23.3. The van der Waals surface area contributed by atoms with Crippen molar-refractivity contribution in [2.75, 3.05) is 37.6 Å². The van der Waals surface area contributed by atoms with Crippen molar-refractivity contribution in [2.24, 2.45) is 0 Å². The minimum atomic E-state index is 0. The average molecular weight is 453 g/mol. The monoisotopic (exact) mass is 452 g/mol. The molecule has 3 heterocycles. The van der Waals surface area contributed by atoms with Crippen LogP contribution in [0, 0.1) is 0 Å². The zero-order valence-corrected chi connectivity index (χ0v) is 18.8. The number of thiophene rings is 1. The molecule has 1 aliphatic rings. The molecule has 0 saturated carbocycles. The molecule has 8 heteroatoms. The summed E-state index contributed by atoms with van der Waals surface area (Å²) in [5.41, 5.74) is 4.40. The standard InChI is InChI=1S/C21H24N4OS.2ClH/c1-2-22-21(26)25-11-6-10-24(12-13-25)19-15-18(16-7-4-3-5-8-16)23-17-9-14-27-20(17)19;;/h3-5,7-9,14-15H,2,6,10-13H2,1H3,(H,22,26);2*1H. The number of nitrogens with one attached hydrogen (secondary N) is 1. The van der Waals surface area contributed by atoms with Crippen molar-refractivity contribution >= 4 is 58.1 Å². The van der Waals surface area contributed by atoms with Gasteiger partial charge < -0.3 is 15.1 Å². The Hall–Kier alpha value is -2.02. The number of nitrogens with zero attached hydrogens (tertiary/aromatic N) is 3. The molecule has 3 aromatic rings. The van der Waals surface area contributed by atoms with Crippen LogP contribution in [0.25, 0.3) is 21.5 Å². The highest BCUT2D eigenvalue weighted by Crippen LogP contribution is 2.34. The van der Waals surface area contributed by atoms with Crippen molar-refractivity contribution in [3.63, 3.8) is 0 Å². The van der Waals surface area contributed by atoms with Gasteiger partial charge in [-0.25, -0.2) is 9.78 Å². The quantitative estimate of drug-likeness (QED) is 0.604. The summed E-state index contributed by atoms with van der Waals surface area (Å²) in [7, 11) is 0. The second-order valence-corrected chi connectivity index (χ2v) is 7.61. The normalized spacial score (nSPS) is 14.0. The van der Waals surface area contributed by atoms with E-state index in [2.05, 4.69) is 39.9 Å². The highest BCUT2D eigenvalue weighted by Gasteiger charge is 2.21. The van der Waals surface area contributed by atoms with Crippen LogP contribution in [0.3, 0.4) is 0 Å². The zero-order valence-electron chi connectivity index (χ0n) is 16.3. The molecule has 0 radical (unpaired) electrons. The number of rotatable bonds is 3. The van der Waals surface area contributed by atoms with E-state index in [1.807, 2.05) is 30.0 Å². The van der Waals surface area contributed by atoms with Gasteiger partial charge in [-0.05, 0) is 30.9 Å². The third-order valence-corrected chi connectivity index (χ3v) is 5.84. The predicted octanol–water partition coefficient (Wildman–Crippen LogP) is 5.05. The molecule has 0 unspecified atom stereocenters. The van der Waals surface area contributed by atoms with Crippen molar-refractivity contribution in [1.29, 1.82) is 0 Å². The van der Waals surface area contributed by atoms with E-state index in [0.29, 0.717) is 6.54 Å². The molecule has 1 aromatic carbocycles. The third-order valence-electron chi connectivity index (χ3n) is 4.91.